The Morgan fingerprint density at radius 1 is 1.17 bits per heavy atom. The van der Waals surface area contributed by atoms with Crippen LogP contribution in [-0.2, 0) is 19.6 Å². The molecule has 2 aromatic carbocycles. The van der Waals surface area contributed by atoms with Crippen molar-refractivity contribution in [3.63, 3.8) is 0 Å². The Labute approximate surface area is 179 Å². The molecule has 0 aliphatic carbocycles. The molecule has 0 bridgehead atoms. The first kappa shape index (κ1) is 21.9. The van der Waals surface area contributed by atoms with Crippen molar-refractivity contribution in [1.82, 2.24) is 4.72 Å². The van der Waals surface area contributed by atoms with Crippen molar-refractivity contribution in [3.05, 3.63) is 52.5 Å². The van der Waals surface area contributed by atoms with E-state index in [4.69, 9.17) is 32.7 Å². The number of nitrogens with one attached hydrogen (secondary N) is 2. The zero-order chi connectivity index (χ0) is 20.9. The maximum absolute atomic E-state index is 12.3. The molecular formula is C19H20Cl2N2O5S. The predicted octanol–water partition coefficient (Wildman–Crippen LogP) is 3.47. The van der Waals surface area contributed by atoms with Gasteiger partial charge in [-0.2, -0.15) is 0 Å². The minimum absolute atomic E-state index is 0.0857. The molecule has 1 fully saturated rings. The number of halogens is 2. The summed E-state index contributed by atoms with van der Waals surface area (Å²) >= 11 is 11.8. The van der Waals surface area contributed by atoms with Crippen LogP contribution in [0.25, 0.3) is 0 Å². The Hall–Kier alpha value is -1.84. The van der Waals surface area contributed by atoms with Crippen LogP contribution in [0.5, 0.6) is 5.75 Å². The fourth-order valence-corrected chi connectivity index (χ4v) is 4.27. The summed E-state index contributed by atoms with van der Waals surface area (Å²) in [4.78, 5) is 12.2. The van der Waals surface area contributed by atoms with Gasteiger partial charge in [-0.15, -0.1) is 0 Å². The molecule has 10 heteroatoms. The smallest absolute Gasteiger partial charge is 0.262 e. The Morgan fingerprint density at radius 3 is 2.59 bits per heavy atom. The largest absolute Gasteiger partial charge is 0.482 e. The van der Waals surface area contributed by atoms with Gasteiger partial charge >= 0.3 is 0 Å². The number of benzene rings is 2. The van der Waals surface area contributed by atoms with E-state index in [1.54, 1.807) is 12.1 Å². The quantitative estimate of drug-likeness (QED) is 0.631. The van der Waals surface area contributed by atoms with Crippen molar-refractivity contribution in [3.8, 4) is 5.75 Å². The highest BCUT2D eigenvalue weighted by atomic mass is 35.5. The van der Waals surface area contributed by atoms with Crippen LogP contribution in [0.15, 0.2) is 47.4 Å². The molecule has 0 aromatic heterocycles. The topological polar surface area (TPSA) is 93.7 Å². The summed E-state index contributed by atoms with van der Waals surface area (Å²) in [5.41, 5.74) is 0.443. The summed E-state index contributed by atoms with van der Waals surface area (Å²) in [6.07, 6.45) is 1.70. The lowest BCUT2D eigenvalue weighted by atomic mass is 10.2. The first-order valence-corrected chi connectivity index (χ1v) is 11.2. The van der Waals surface area contributed by atoms with E-state index in [1.807, 2.05) is 0 Å². The molecule has 7 nitrogen and oxygen atoms in total. The number of carbonyl (C=O) groups excluding carboxylic acids is 1. The third-order valence-corrected chi connectivity index (χ3v) is 6.20. The summed E-state index contributed by atoms with van der Waals surface area (Å²) in [6, 6.07) is 10.5. The lowest BCUT2D eigenvalue weighted by Gasteiger charge is -2.12. The average Bonchev–Trinajstić information content (AvgIpc) is 3.20. The van der Waals surface area contributed by atoms with Crippen molar-refractivity contribution >= 4 is 44.8 Å². The second kappa shape index (κ2) is 9.77. The van der Waals surface area contributed by atoms with E-state index in [1.165, 1.54) is 30.3 Å². The number of ether oxygens (including phenoxy) is 2. The lowest BCUT2D eigenvalue weighted by Crippen LogP contribution is -2.31. The minimum atomic E-state index is -3.64. The Morgan fingerprint density at radius 2 is 1.93 bits per heavy atom. The Balaban J connectivity index is 1.51. The molecule has 1 aliphatic rings. The normalized spacial score (nSPS) is 16.6. The molecule has 0 spiro atoms. The molecule has 2 aromatic rings. The molecule has 0 saturated carbocycles. The molecule has 29 heavy (non-hydrogen) atoms. The standard InChI is InChI=1S/C19H20Cl2N2O5S/c20-13-3-8-18(17(21)10-13)28-12-19(24)23-14-4-6-16(7-5-14)29(25,26)22-11-15-2-1-9-27-15/h3-8,10,15,22H,1-2,9,11-12H2,(H,23,24). The molecular weight excluding hydrogens is 439 g/mol. The van der Waals surface area contributed by atoms with Gasteiger partial charge in [0.1, 0.15) is 5.75 Å². The van der Waals surface area contributed by atoms with Crippen LogP contribution >= 0.6 is 23.2 Å². The fraction of sp³-hybridized carbons (Fsp3) is 0.316. The summed E-state index contributed by atoms with van der Waals surface area (Å²) in [7, 11) is -3.64. The number of rotatable bonds is 8. The van der Waals surface area contributed by atoms with Gasteiger partial charge in [-0.05, 0) is 55.3 Å². The molecule has 0 radical (unpaired) electrons. The van der Waals surface area contributed by atoms with Crippen LogP contribution < -0.4 is 14.8 Å². The fourth-order valence-electron chi connectivity index (χ4n) is 2.74. The van der Waals surface area contributed by atoms with Crippen LogP contribution in [0, 0.1) is 0 Å². The zero-order valence-corrected chi connectivity index (χ0v) is 17.7. The third kappa shape index (κ3) is 6.32. The van der Waals surface area contributed by atoms with Gasteiger partial charge in [-0.1, -0.05) is 23.2 Å². The first-order chi connectivity index (χ1) is 13.8. The molecule has 1 aliphatic heterocycles. The van der Waals surface area contributed by atoms with Crippen LogP contribution in [0.4, 0.5) is 5.69 Å². The summed E-state index contributed by atoms with van der Waals surface area (Å²) < 4.78 is 38.0. The third-order valence-electron chi connectivity index (χ3n) is 4.23. The maximum Gasteiger partial charge on any atom is 0.262 e. The number of carbonyl (C=O) groups is 1. The predicted molar refractivity (Wildman–Crippen MR) is 111 cm³/mol. The van der Waals surface area contributed by atoms with Gasteiger partial charge < -0.3 is 14.8 Å². The van der Waals surface area contributed by atoms with Crippen LogP contribution in [0.3, 0.4) is 0 Å². The number of amides is 1. The molecule has 1 unspecified atom stereocenters. The molecule has 1 amide bonds. The van der Waals surface area contributed by atoms with Crippen molar-refractivity contribution in [2.45, 2.75) is 23.8 Å². The van der Waals surface area contributed by atoms with Gasteiger partial charge in [0.05, 0.1) is 16.0 Å². The van der Waals surface area contributed by atoms with E-state index >= 15 is 0 Å². The average molecular weight is 459 g/mol. The number of hydrogen-bond donors (Lipinski definition) is 2. The van der Waals surface area contributed by atoms with Gasteiger partial charge in [-0.25, -0.2) is 13.1 Å². The molecule has 1 saturated heterocycles. The number of anilines is 1. The summed E-state index contributed by atoms with van der Waals surface area (Å²) in [5.74, 6) is -0.0758. The maximum atomic E-state index is 12.3. The molecule has 1 heterocycles. The highest BCUT2D eigenvalue weighted by molar-refractivity contribution is 7.89. The number of sulfonamides is 1. The van der Waals surface area contributed by atoms with E-state index in [0.29, 0.717) is 28.1 Å². The van der Waals surface area contributed by atoms with E-state index < -0.39 is 15.9 Å². The summed E-state index contributed by atoms with van der Waals surface area (Å²) in [6.45, 7) is 0.643. The van der Waals surface area contributed by atoms with Crippen LogP contribution in [-0.4, -0.2) is 40.2 Å². The Kier molecular flexibility index (Phi) is 7.37. The van der Waals surface area contributed by atoms with E-state index in [0.717, 1.165) is 12.8 Å². The molecule has 1 atom stereocenters. The minimum Gasteiger partial charge on any atom is -0.482 e. The van der Waals surface area contributed by atoms with Gasteiger partial charge in [0.15, 0.2) is 6.61 Å². The highest BCUT2D eigenvalue weighted by Crippen LogP contribution is 2.27. The van der Waals surface area contributed by atoms with E-state index in [2.05, 4.69) is 10.0 Å². The van der Waals surface area contributed by atoms with Crippen molar-refractivity contribution in [2.24, 2.45) is 0 Å². The second-order valence-electron chi connectivity index (χ2n) is 6.42. The van der Waals surface area contributed by atoms with Gasteiger partial charge in [0.2, 0.25) is 10.0 Å². The zero-order valence-electron chi connectivity index (χ0n) is 15.4. The highest BCUT2D eigenvalue weighted by Gasteiger charge is 2.20. The van der Waals surface area contributed by atoms with Crippen molar-refractivity contribution in [1.29, 1.82) is 0 Å². The van der Waals surface area contributed by atoms with Crippen LogP contribution in [0.1, 0.15) is 12.8 Å². The lowest BCUT2D eigenvalue weighted by molar-refractivity contribution is -0.118. The van der Waals surface area contributed by atoms with Crippen molar-refractivity contribution < 1.29 is 22.7 Å². The molecule has 3 rings (SSSR count). The first-order valence-electron chi connectivity index (χ1n) is 8.92. The van der Waals surface area contributed by atoms with Gasteiger partial charge in [0, 0.05) is 23.9 Å². The Bertz CT molecular complexity index is 961. The SMILES string of the molecule is O=C(COc1ccc(Cl)cc1Cl)Nc1ccc(S(=O)(=O)NCC2CCCO2)cc1. The van der Waals surface area contributed by atoms with Gasteiger partial charge in [0.25, 0.3) is 5.91 Å². The van der Waals surface area contributed by atoms with Crippen LogP contribution in [0.2, 0.25) is 10.0 Å². The monoisotopic (exact) mass is 458 g/mol. The summed E-state index contributed by atoms with van der Waals surface area (Å²) in [5, 5.41) is 3.40. The van der Waals surface area contributed by atoms with Crippen molar-refractivity contribution in [2.75, 3.05) is 25.1 Å². The van der Waals surface area contributed by atoms with E-state index in [9.17, 15) is 13.2 Å². The number of hydrogen-bond acceptors (Lipinski definition) is 5. The van der Waals surface area contributed by atoms with E-state index in [-0.39, 0.29) is 24.2 Å². The molecule has 2 N–H and O–H groups in total. The molecule has 156 valence electrons. The van der Waals surface area contributed by atoms with Gasteiger partial charge in [-0.3, -0.25) is 4.79 Å². The second-order valence-corrected chi connectivity index (χ2v) is 9.03.